The van der Waals surface area contributed by atoms with Crippen molar-refractivity contribution >= 4 is 104 Å². The molecular formula is C70H46N6. The number of para-hydroxylation sites is 6. The minimum atomic E-state index is -0.234. The van der Waals surface area contributed by atoms with Crippen LogP contribution < -0.4 is 0 Å². The second kappa shape index (κ2) is 16.7. The van der Waals surface area contributed by atoms with Crippen LogP contribution in [0.5, 0.6) is 0 Å². The predicted octanol–water partition coefficient (Wildman–Crippen LogP) is 17.6. The second-order valence-electron chi connectivity index (χ2n) is 20.3. The van der Waals surface area contributed by atoms with E-state index in [-0.39, 0.29) is 12.0 Å². The van der Waals surface area contributed by atoms with Crippen molar-refractivity contribution < 1.29 is 0 Å². The number of hydrogen-bond acceptors (Lipinski definition) is 2. The number of fused-ring (bicyclic) bond motifs is 14. The van der Waals surface area contributed by atoms with Gasteiger partial charge < -0.3 is 18.3 Å². The Bertz CT molecular complexity index is 4920. The summed E-state index contributed by atoms with van der Waals surface area (Å²) < 4.78 is 9.98. The van der Waals surface area contributed by atoms with E-state index in [1.807, 2.05) is 24.3 Å². The first kappa shape index (κ1) is 43.4. The summed E-state index contributed by atoms with van der Waals surface area (Å²) in [5.74, 6) is -0.234. The number of nitrogens with zero attached hydrogens (tertiary/aromatic N) is 6. The zero-order valence-corrected chi connectivity index (χ0v) is 41.8. The molecule has 0 amide bonds. The quantitative estimate of drug-likeness (QED) is 0.160. The summed E-state index contributed by atoms with van der Waals surface area (Å²) in [6.45, 7) is 4.71. The molecule has 0 saturated heterocycles. The molecule has 4 aromatic heterocycles. The average molecular weight is 971 g/mol. The van der Waals surface area contributed by atoms with Gasteiger partial charge in [-0.05, 0) is 115 Å². The van der Waals surface area contributed by atoms with E-state index in [0.29, 0.717) is 11.1 Å². The summed E-state index contributed by atoms with van der Waals surface area (Å²) in [4.78, 5) is 0. The smallest absolute Gasteiger partial charge is 0.0991 e. The third-order valence-electron chi connectivity index (χ3n) is 16.4. The zero-order valence-electron chi connectivity index (χ0n) is 41.8. The van der Waals surface area contributed by atoms with E-state index in [9.17, 15) is 10.5 Å². The van der Waals surface area contributed by atoms with E-state index in [0.717, 1.165) is 99.5 Å². The van der Waals surface area contributed by atoms with Crippen LogP contribution in [-0.2, 0) is 0 Å². The number of rotatable bonds is 7. The van der Waals surface area contributed by atoms with E-state index >= 15 is 0 Å². The molecule has 14 aromatic rings. The van der Waals surface area contributed by atoms with Gasteiger partial charge in [0.15, 0.2) is 0 Å². The number of hydrogen-bond donors (Lipinski definition) is 0. The third-order valence-corrected chi connectivity index (χ3v) is 16.4. The molecular weight excluding hydrogens is 925 g/mol. The van der Waals surface area contributed by atoms with Crippen LogP contribution in [-0.4, -0.2) is 18.3 Å². The molecule has 4 heterocycles. The van der Waals surface area contributed by atoms with Crippen LogP contribution in [0, 0.1) is 28.6 Å². The maximum absolute atomic E-state index is 10.7. The van der Waals surface area contributed by atoms with E-state index < -0.39 is 0 Å². The van der Waals surface area contributed by atoms with Crippen molar-refractivity contribution in [3.63, 3.8) is 0 Å². The zero-order chi connectivity index (χ0) is 50.8. The predicted molar refractivity (Wildman–Crippen MR) is 314 cm³/mol. The molecule has 0 unspecified atom stereocenters. The largest absolute Gasteiger partial charge is 0.336 e. The third kappa shape index (κ3) is 6.07. The molecule has 0 bridgehead atoms. The van der Waals surface area contributed by atoms with E-state index in [1.54, 1.807) is 0 Å². The molecule has 0 spiro atoms. The van der Waals surface area contributed by atoms with Crippen molar-refractivity contribution in [3.05, 3.63) is 258 Å². The topological polar surface area (TPSA) is 67.3 Å². The van der Waals surface area contributed by atoms with Gasteiger partial charge in [-0.25, -0.2) is 0 Å². The Balaban J connectivity index is 1.12. The molecule has 1 aliphatic carbocycles. The molecule has 6 nitrogen and oxygen atoms in total. The molecule has 0 saturated carbocycles. The van der Waals surface area contributed by atoms with Crippen molar-refractivity contribution in [2.24, 2.45) is 5.92 Å². The lowest BCUT2D eigenvalue weighted by Gasteiger charge is -2.29. The van der Waals surface area contributed by atoms with Gasteiger partial charge >= 0.3 is 0 Å². The van der Waals surface area contributed by atoms with Gasteiger partial charge in [0, 0.05) is 77.5 Å². The molecule has 10 aromatic carbocycles. The second-order valence-corrected chi connectivity index (χ2v) is 20.3. The maximum atomic E-state index is 10.7. The molecule has 1 aliphatic rings. The summed E-state index contributed by atoms with van der Waals surface area (Å²) in [5.41, 5.74) is 18.8. The first-order valence-corrected chi connectivity index (χ1v) is 26.0. The van der Waals surface area contributed by atoms with Crippen LogP contribution in [0.15, 0.2) is 236 Å². The number of nitriles is 2. The molecule has 0 fully saturated rings. The summed E-state index contributed by atoms with van der Waals surface area (Å²) >= 11 is 0. The van der Waals surface area contributed by atoms with Crippen LogP contribution in [0.25, 0.3) is 115 Å². The fourth-order valence-electron chi connectivity index (χ4n) is 13.4. The van der Waals surface area contributed by atoms with Gasteiger partial charge in [-0.1, -0.05) is 151 Å². The summed E-state index contributed by atoms with van der Waals surface area (Å²) in [6.07, 6.45) is 0. The Morgan fingerprint density at radius 1 is 0.395 bits per heavy atom. The van der Waals surface area contributed by atoms with Crippen LogP contribution in [0.2, 0.25) is 0 Å². The van der Waals surface area contributed by atoms with Gasteiger partial charge in [0.2, 0.25) is 0 Å². The number of benzene rings is 10. The van der Waals surface area contributed by atoms with Gasteiger partial charge in [-0.3, -0.25) is 0 Å². The van der Waals surface area contributed by atoms with Crippen molar-refractivity contribution in [3.8, 4) is 23.5 Å². The minimum Gasteiger partial charge on any atom is -0.336 e. The molecule has 76 heavy (non-hydrogen) atoms. The normalized spacial score (nSPS) is 14.4. The van der Waals surface area contributed by atoms with Crippen LogP contribution in [0.1, 0.15) is 42.1 Å². The molecule has 2 atom stereocenters. The Morgan fingerprint density at radius 3 is 1.41 bits per heavy atom. The van der Waals surface area contributed by atoms with E-state index in [4.69, 9.17) is 0 Å². The van der Waals surface area contributed by atoms with Crippen molar-refractivity contribution in [1.82, 2.24) is 18.3 Å². The summed E-state index contributed by atoms with van der Waals surface area (Å²) in [5, 5.41) is 30.7. The SMILES string of the molecule is CC1=C(c2cccc(C#N)c2)C(n2c3ccccc3c3ccc4c(c5ccccc5n4-c4ccccc4)c32)=C(c2cccc(C#N)c2)[C@H]1[C@@H](C)n1c2ccccc2c2ccc3c(c4ccccc4n3-c3ccccc3)c21. The van der Waals surface area contributed by atoms with Crippen LogP contribution >= 0.6 is 0 Å². The van der Waals surface area contributed by atoms with Crippen molar-refractivity contribution in [2.45, 2.75) is 19.9 Å². The average Bonchev–Trinajstić information content (AvgIpc) is 4.44. The van der Waals surface area contributed by atoms with Crippen molar-refractivity contribution in [2.75, 3.05) is 0 Å². The summed E-state index contributed by atoms with van der Waals surface area (Å²) in [7, 11) is 0. The Hall–Kier alpha value is -10.1. The first-order valence-electron chi connectivity index (χ1n) is 26.0. The molecule has 0 N–H and O–H groups in total. The monoisotopic (exact) mass is 970 g/mol. The van der Waals surface area contributed by atoms with E-state index in [2.05, 4.69) is 251 Å². The van der Waals surface area contributed by atoms with E-state index in [1.165, 1.54) is 32.6 Å². The standard InChI is InChI=1S/C70H46N6/c1-43-63(44(2)73-57-31-13-9-27-51(57)53-35-37-61-66(68(53)73)55-29-11-15-33-59(55)74(61)49-23-5-3-6-24-49)65(48-22-18-20-46(40-48)42-72)70(64(43)47-21-17-19-45(39-47)41-71)76-58-32-14-10-28-52(58)54-36-38-62-67(69(54)76)56-30-12-16-34-60(56)75(62)50-25-7-4-8-26-50/h3-40,44,63H,1-2H3/t44-,63-/m1/s1. The molecule has 15 rings (SSSR count). The van der Waals surface area contributed by atoms with Crippen LogP contribution in [0.4, 0.5) is 0 Å². The molecule has 0 aliphatic heterocycles. The van der Waals surface area contributed by atoms with Gasteiger partial charge in [0.05, 0.1) is 67.6 Å². The molecule has 356 valence electrons. The minimum absolute atomic E-state index is 0.188. The fourth-order valence-corrected chi connectivity index (χ4v) is 13.4. The van der Waals surface area contributed by atoms with Gasteiger partial charge in [0.1, 0.15) is 0 Å². The fraction of sp³-hybridized carbons (Fsp3) is 0.0571. The highest BCUT2D eigenvalue weighted by Gasteiger charge is 2.40. The Labute approximate surface area is 438 Å². The van der Waals surface area contributed by atoms with Crippen LogP contribution in [0.3, 0.4) is 0 Å². The van der Waals surface area contributed by atoms with Crippen molar-refractivity contribution in [1.29, 1.82) is 10.5 Å². The highest BCUT2D eigenvalue weighted by atomic mass is 15.1. The number of allylic oxidation sites excluding steroid dienone is 4. The highest BCUT2D eigenvalue weighted by Crippen LogP contribution is 2.57. The lowest BCUT2D eigenvalue weighted by Crippen LogP contribution is -2.18. The lowest BCUT2D eigenvalue weighted by molar-refractivity contribution is 0.501. The first-order chi connectivity index (χ1) is 37.5. The lowest BCUT2D eigenvalue weighted by atomic mass is 9.84. The maximum Gasteiger partial charge on any atom is 0.0991 e. The Kier molecular flexibility index (Phi) is 9.54. The Morgan fingerprint density at radius 2 is 0.842 bits per heavy atom. The molecule has 0 radical (unpaired) electrons. The molecule has 6 heteroatoms. The summed E-state index contributed by atoms with van der Waals surface area (Å²) in [6, 6.07) is 87.0. The highest BCUT2D eigenvalue weighted by molar-refractivity contribution is 6.30. The van der Waals surface area contributed by atoms with Gasteiger partial charge in [-0.2, -0.15) is 10.5 Å². The number of aromatic nitrogens is 4. The van der Waals surface area contributed by atoms with Gasteiger partial charge in [-0.15, -0.1) is 0 Å². The van der Waals surface area contributed by atoms with Gasteiger partial charge in [0.25, 0.3) is 0 Å².